The summed E-state index contributed by atoms with van der Waals surface area (Å²) in [6.07, 6.45) is 2.32. The maximum atomic E-state index is 12.7. The van der Waals surface area contributed by atoms with Crippen LogP contribution in [0.4, 0.5) is 9.59 Å². The minimum Gasteiger partial charge on any atom is -0.444 e. The van der Waals surface area contributed by atoms with E-state index in [0.29, 0.717) is 31.2 Å². The zero-order valence-corrected chi connectivity index (χ0v) is 17.9. The van der Waals surface area contributed by atoms with Crippen LogP contribution in [0.3, 0.4) is 0 Å². The van der Waals surface area contributed by atoms with Gasteiger partial charge in [-0.25, -0.2) is 9.59 Å². The Morgan fingerprint density at radius 3 is 2.71 bits per heavy atom. The third-order valence-corrected chi connectivity index (χ3v) is 5.41. The second-order valence-electron chi connectivity index (χ2n) is 8.47. The van der Waals surface area contributed by atoms with Crippen molar-refractivity contribution < 1.29 is 14.3 Å². The highest BCUT2D eigenvalue weighted by Gasteiger charge is 2.35. The molecule has 1 aromatic carbocycles. The summed E-state index contributed by atoms with van der Waals surface area (Å²) in [5.41, 5.74) is 2.85. The Kier molecular flexibility index (Phi) is 6.08. The summed E-state index contributed by atoms with van der Waals surface area (Å²) in [7, 11) is 0. The van der Waals surface area contributed by atoms with Crippen LogP contribution in [-0.4, -0.2) is 47.2 Å². The van der Waals surface area contributed by atoms with Crippen molar-refractivity contribution in [2.24, 2.45) is 0 Å². The number of carbonyl (C=O) groups is 2. The largest absolute Gasteiger partial charge is 0.444 e. The minimum absolute atomic E-state index is 0.0293. The van der Waals surface area contributed by atoms with Gasteiger partial charge in [-0.15, -0.1) is 0 Å². The lowest BCUT2D eigenvalue weighted by Crippen LogP contribution is -2.43. The summed E-state index contributed by atoms with van der Waals surface area (Å²) >= 11 is 6.43. The molecule has 0 radical (unpaired) electrons. The third-order valence-electron chi connectivity index (χ3n) is 5.19. The minimum atomic E-state index is -0.523. The average molecular weight is 408 g/mol. The number of ether oxygens (including phenoxy) is 1. The van der Waals surface area contributed by atoms with E-state index >= 15 is 0 Å². The Morgan fingerprint density at radius 1 is 1.29 bits per heavy atom. The monoisotopic (exact) mass is 407 g/mol. The molecule has 2 heterocycles. The normalized spacial score (nSPS) is 19.4. The lowest BCUT2D eigenvalue weighted by molar-refractivity contribution is 0.0223. The summed E-state index contributed by atoms with van der Waals surface area (Å²) in [4.78, 5) is 28.6. The second-order valence-corrected chi connectivity index (χ2v) is 8.91. The number of hydrogen-bond donors (Lipinski definition) is 1. The Bertz CT molecular complexity index is 760. The summed E-state index contributed by atoms with van der Waals surface area (Å²) in [6, 6.07) is 3.85. The molecule has 28 heavy (non-hydrogen) atoms. The van der Waals surface area contributed by atoms with E-state index in [4.69, 9.17) is 16.3 Å². The fourth-order valence-corrected chi connectivity index (χ4v) is 4.31. The van der Waals surface area contributed by atoms with Crippen LogP contribution < -0.4 is 5.32 Å². The number of hydrogen-bond acceptors (Lipinski definition) is 3. The van der Waals surface area contributed by atoms with Crippen molar-refractivity contribution in [2.75, 3.05) is 19.6 Å². The van der Waals surface area contributed by atoms with Crippen LogP contribution in [0.25, 0.3) is 0 Å². The number of rotatable bonds is 2. The van der Waals surface area contributed by atoms with Crippen LogP contribution in [0.15, 0.2) is 12.1 Å². The van der Waals surface area contributed by atoms with Gasteiger partial charge in [0, 0.05) is 31.2 Å². The van der Waals surface area contributed by atoms with Gasteiger partial charge in [0.25, 0.3) is 0 Å². The first kappa shape index (κ1) is 20.8. The number of carbonyl (C=O) groups excluding carboxylic acids is 2. The molecule has 7 heteroatoms. The van der Waals surface area contributed by atoms with Crippen molar-refractivity contribution in [3.63, 3.8) is 0 Å². The number of nitrogens with one attached hydrogen (secondary N) is 1. The Balaban J connectivity index is 1.87. The molecule has 1 fully saturated rings. The molecule has 3 rings (SSSR count). The molecule has 0 aliphatic carbocycles. The molecule has 3 amide bonds. The molecule has 6 nitrogen and oxygen atoms in total. The molecule has 154 valence electrons. The average Bonchev–Trinajstić information content (AvgIpc) is 3.09. The van der Waals surface area contributed by atoms with E-state index in [1.165, 1.54) is 5.56 Å². The zero-order chi connectivity index (χ0) is 20.5. The van der Waals surface area contributed by atoms with E-state index in [1.54, 1.807) is 0 Å². The maximum absolute atomic E-state index is 12.7. The molecule has 1 N–H and O–H groups in total. The Morgan fingerprint density at radius 2 is 2.04 bits per heavy atom. The summed E-state index contributed by atoms with van der Waals surface area (Å²) in [5, 5.41) is 3.50. The van der Waals surface area contributed by atoms with Gasteiger partial charge in [0.1, 0.15) is 5.60 Å². The van der Waals surface area contributed by atoms with Gasteiger partial charge in [-0.1, -0.05) is 11.6 Å². The van der Waals surface area contributed by atoms with Crippen LogP contribution in [0.2, 0.25) is 5.02 Å². The van der Waals surface area contributed by atoms with Gasteiger partial charge in [0.15, 0.2) is 0 Å². The number of halogens is 1. The van der Waals surface area contributed by atoms with E-state index in [9.17, 15) is 9.59 Å². The van der Waals surface area contributed by atoms with E-state index in [1.807, 2.05) is 49.6 Å². The highest BCUT2D eigenvalue weighted by atomic mass is 35.5. The van der Waals surface area contributed by atoms with Gasteiger partial charge < -0.3 is 19.9 Å². The molecular formula is C21H30ClN3O3. The predicted molar refractivity (Wildman–Crippen MR) is 110 cm³/mol. The molecule has 2 aliphatic heterocycles. The van der Waals surface area contributed by atoms with E-state index in [0.717, 1.165) is 30.4 Å². The first-order chi connectivity index (χ1) is 13.2. The summed E-state index contributed by atoms with van der Waals surface area (Å²) in [5.74, 6) is 0. The molecule has 0 aromatic heterocycles. The topological polar surface area (TPSA) is 61.9 Å². The highest BCUT2D eigenvalue weighted by Crippen LogP contribution is 2.39. The number of amides is 3. The third kappa shape index (κ3) is 4.54. The van der Waals surface area contributed by atoms with E-state index in [-0.39, 0.29) is 18.2 Å². The van der Waals surface area contributed by atoms with Crippen LogP contribution in [-0.2, 0) is 17.7 Å². The molecule has 1 aromatic rings. The van der Waals surface area contributed by atoms with Crippen molar-refractivity contribution in [3.05, 3.63) is 33.8 Å². The van der Waals surface area contributed by atoms with Crippen LogP contribution in [0.1, 0.15) is 63.3 Å². The standard InChI is InChI=1S/C21H30ClN3O3/c1-5-23-19(26)24-10-8-16-14(13-24)11-15(22)12-17(16)18-7-6-9-25(18)20(27)28-21(2,3)4/h11-12,18H,5-10,13H2,1-4H3,(H,23,26). The number of nitrogens with zero attached hydrogens (tertiary/aromatic N) is 2. The number of urea groups is 1. The number of fused-ring (bicyclic) bond motifs is 1. The predicted octanol–water partition coefficient (Wildman–Crippen LogP) is 4.50. The first-order valence-electron chi connectivity index (χ1n) is 10.0. The van der Waals surface area contributed by atoms with Crippen molar-refractivity contribution >= 4 is 23.7 Å². The lowest BCUT2D eigenvalue weighted by atomic mass is 9.90. The number of benzene rings is 1. The van der Waals surface area contributed by atoms with Gasteiger partial charge in [-0.2, -0.15) is 0 Å². The van der Waals surface area contributed by atoms with Gasteiger partial charge in [0.2, 0.25) is 0 Å². The molecular weight excluding hydrogens is 378 g/mol. The fourth-order valence-electron chi connectivity index (χ4n) is 4.06. The van der Waals surface area contributed by atoms with E-state index < -0.39 is 5.60 Å². The Hall–Kier alpha value is -1.95. The lowest BCUT2D eigenvalue weighted by Gasteiger charge is -2.34. The van der Waals surface area contributed by atoms with Crippen LogP contribution in [0, 0.1) is 0 Å². The quantitative estimate of drug-likeness (QED) is 0.785. The van der Waals surface area contributed by atoms with Crippen LogP contribution >= 0.6 is 11.6 Å². The van der Waals surface area contributed by atoms with Crippen molar-refractivity contribution in [3.8, 4) is 0 Å². The second kappa shape index (κ2) is 8.19. The fraction of sp³-hybridized carbons (Fsp3) is 0.619. The SMILES string of the molecule is CCNC(=O)N1CCc2c(cc(Cl)cc2C2CCCN2C(=O)OC(C)(C)C)C1. The summed E-state index contributed by atoms with van der Waals surface area (Å²) < 4.78 is 5.62. The molecule has 0 bridgehead atoms. The Labute approximate surface area is 172 Å². The highest BCUT2D eigenvalue weighted by molar-refractivity contribution is 6.30. The van der Waals surface area contributed by atoms with Crippen molar-refractivity contribution in [2.45, 2.75) is 65.1 Å². The summed E-state index contributed by atoms with van der Waals surface area (Å²) in [6.45, 7) is 10.0. The smallest absolute Gasteiger partial charge is 0.410 e. The molecule has 0 spiro atoms. The van der Waals surface area contributed by atoms with E-state index in [2.05, 4.69) is 5.32 Å². The van der Waals surface area contributed by atoms with Crippen molar-refractivity contribution in [1.82, 2.24) is 15.1 Å². The van der Waals surface area contributed by atoms with Crippen molar-refractivity contribution in [1.29, 1.82) is 0 Å². The molecule has 2 aliphatic rings. The maximum Gasteiger partial charge on any atom is 0.410 e. The van der Waals surface area contributed by atoms with Crippen LogP contribution in [0.5, 0.6) is 0 Å². The molecule has 0 saturated carbocycles. The molecule has 1 unspecified atom stereocenters. The number of likely N-dealkylation sites (tertiary alicyclic amines) is 1. The van der Waals surface area contributed by atoms with Gasteiger partial charge in [-0.3, -0.25) is 0 Å². The molecule has 1 saturated heterocycles. The molecule has 1 atom stereocenters. The first-order valence-corrected chi connectivity index (χ1v) is 10.4. The van der Waals surface area contributed by atoms with Gasteiger partial charge in [-0.05, 0) is 75.8 Å². The van der Waals surface area contributed by atoms with Gasteiger partial charge >= 0.3 is 12.1 Å². The zero-order valence-electron chi connectivity index (χ0n) is 17.2. The van der Waals surface area contributed by atoms with Gasteiger partial charge in [0.05, 0.1) is 6.04 Å².